The van der Waals surface area contributed by atoms with Crippen molar-refractivity contribution >= 4 is 35.0 Å². The summed E-state index contributed by atoms with van der Waals surface area (Å²) in [7, 11) is 1.58. The fraction of sp³-hybridized carbons (Fsp3) is 0.500. The van der Waals surface area contributed by atoms with E-state index in [9.17, 15) is 14.4 Å². The van der Waals surface area contributed by atoms with Crippen LogP contribution in [0.15, 0.2) is 24.3 Å². The van der Waals surface area contributed by atoms with Crippen LogP contribution in [-0.2, 0) is 14.4 Å². The molecule has 1 aromatic carbocycles. The molecule has 2 fully saturated rings. The van der Waals surface area contributed by atoms with Crippen molar-refractivity contribution < 1.29 is 14.4 Å². The topological polar surface area (TPSA) is 69.7 Å². The quantitative estimate of drug-likeness (QED) is 0.890. The van der Waals surface area contributed by atoms with Crippen molar-refractivity contribution in [3.05, 3.63) is 29.3 Å². The van der Waals surface area contributed by atoms with E-state index in [2.05, 4.69) is 5.32 Å². The molecule has 134 valence electrons. The van der Waals surface area contributed by atoms with Crippen molar-refractivity contribution in [1.29, 1.82) is 0 Å². The van der Waals surface area contributed by atoms with Gasteiger partial charge in [-0.25, -0.2) is 0 Å². The van der Waals surface area contributed by atoms with E-state index >= 15 is 0 Å². The number of hydrogen-bond donors (Lipinski definition) is 1. The highest BCUT2D eigenvalue weighted by Gasteiger charge is 2.41. The Bertz CT molecular complexity index is 694. The van der Waals surface area contributed by atoms with Crippen LogP contribution >= 0.6 is 11.6 Å². The maximum absolute atomic E-state index is 13.0. The molecule has 0 aromatic heterocycles. The molecule has 7 heteroatoms. The molecule has 2 atom stereocenters. The van der Waals surface area contributed by atoms with Crippen LogP contribution in [0.25, 0.3) is 0 Å². The lowest BCUT2D eigenvalue weighted by Crippen LogP contribution is -2.53. The summed E-state index contributed by atoms with van der Waals surface area (Å²) in [5.74, 6) is -0.800. The van der Waals surface area contributed by atoms with E-state index in [4.69, 9.17) is 11.6 Å². The van der Waals surface area contributed by atoms with Gasteiger partial charge in [0.1, 0.15) is 6.04 Å². The van der Waals surface area contributed by atoms with Crippen molar-refractivity contribution in [2.45, 2.75) is 31.7 Å². The second-order valence-corrected chi connectivity index (χ2v) is 6.92. The zero-order valence-corrected chi connectivity index (χ0v) is 15.0. The zero-order valence-electron chi connectivity index (χ0n) is 14.2. The van der Waals surface area contributed by atoms with E-state index in [0.29, 0.717) is 30.2 Å². The summed E-state index contributed by atoms with van der Waals surface area (Å²) in [4.78, 5) is 40.7. The third-order valence-electron chi connectivity index (χ3n) is 4.95. The van der Waals surface area contributed by atoms with Crippen LogP contribution in [0, 0.1) is 5.92 Å². The van der Waals surface area contributed by atoms with Crippen LogP contribution in [0.2, 0.25) is 5.02 Å². The lowest BCUT2D eigenvalue weighted by Gasteiger charge is -2.36. The number of hydrogen-bond acceptors (Lipinski definition) is 3. The van der Waals surface area contributed by atoms with Gasteiger partial charge in [0.25, 0.3) is 0 Å². The minimum Gasteiger partial charge on any atom is -0.357 e. The molecule has 0 spiro atoms. The number of rotatable bonds is 3. The molecule has 2 aliphatic rings. The first-order valence-corrected chi connectivity index (χ1v) is 8.97. The SMILES string of the molecule is CNC(=O)C1CCCCN1C(=O)C1CC(=O)N(c2ccccc2Cl)C1. The van der Waals surface area contributed by atoms with Gasteiger partial charge in [0.05, 0.1) is 16.6 Å². The van der Waals surface area contributed by atoms with E-state index in [0.717, 1.165) is 12.8 Å². The fourth-order valence-corrected chi connectivity index (χ4v) is 3.88. The first-order valence-electron chi connectivity index (χ1n) is 8.60. The second-order valence-electron chi connectivity index (χ2n) is 6.51. The minimum atomic E-state index is -0.436. The Kier molecular flexibility index (Phi) is 5.27. The Morgan fingerprint density at radius 3 is 2.72 bits per heavy atom. The number of halogens is 1. The van der Waals surface area contributed by atoms with Gasteiger partial charge in [-0.3, -0.25) is 14.4 Å². The number of carbonyl (C=O) groups is 3. The molecule has 3 rings (SSSR count). The summed E-state index contributed by atoms with van der Waals surface area (Å²) >= 11 is 6.19. The molecule has 1 aromatic rings. The van der Waals surface area contributed by atoms with Crippen LogP contribution in [0.4, 0.5) is 5.69 Å². The van der Waals surface area contributed by atoms with Crippen LogP contribution in [0.5, 0.6) is 0 Å². The molecular formula is C18H22ClN3O3. The summed E-state index contributed by atoms with van der Waals surface area (Å²) < 4.78 is 0. The lowest BCUT2D eigenvalue weighted by atomic mass is 9.98. The predicted molar refractivity (Wildman–Crippen MR) is 95.3 cm³/mol. The minimum absolute atomic E-state index is 0.111. The Morgan fingerprint density at radius 1 is 1.24 bits per heavy atom. The number of likely N-dealkylation sites (tertiary alicyclic amines) is 1. The average Bonchev–Trinajstić information content (AvgIpc) is 3.02. The summed E-state index contributed by atoms with van der Waals surface area (Å²) in [5, 5.41) is 3.12. The van der Waals surface area contributed by atoms with E-state index in [-0.39, 0.29) is 24.1 Å². The number of carbonyl (C=O) groups excluding carboxylic acids is 3. The lowest BCUT2D eigenvalue weighted by molar-refractivity contribution is -0.145. The zero-order chi connectivity index (χ0) is 18.0. The van der Waals surface area contributed by atoms with E-state index in [1.165, 1.54) is 0 Å². The van der Waals surface area contributed by atoms with Crippen molar-refractivity contribution in [2.24, 2.45) is 5.92 Å². The van der Waals surface area contributed by atoms with Gasteiger partial charge in [-0.15, -0.1) is 0 Å². The van der Waals surface area contributed by atoms with E-state index in [1.54, 1.807) is 35.0 Å². The molecule has 0 saturated carbocycles. The first kappa shape index (κ1) is 17.7. The molecule has 25 heavy (non-hydrogen) atoms. The summed E-state index contributed by atoms with van der Waals surface area (Å²) in [5.41, 5.74) is 0.631. The van der Waals surface area contributed by atoms with Gasteiger partial charge in [0, 0.05) is 26.6 Å². The van der Waals surface area contributed by atoms with E-state index < -0.39 is 12.0 Å². The van der Waals surface area contributed by atoms with Crippen molar-refractivity contribution in [3.8, 4) is 0 Å². The Hall–Kier alpha value is -2.08. The largest absolute Gasteiger partial charge is 0.357 e. The monoisotopic (exact) mass is 363 g/mol. The van der Waals surface area contributed by atoms with Gasteiger partial charge < -0.3 is 15.1 Å². The number of para-hydroxylation sites is 1. The van der Waals surface area contributed by atoms with Crippen molar-refractivity contribution in [2.75, 3.05) is 25.0 Å². The summed E-state index contributed by atoms with van der Waals surface area (Å²) in [6, 6.07) is 6.69. The molecule has 2 unspecified atom stereocenters. The number of benzene rings is 1. The number of amides is 3. The van der Waals surface area contributed by atoms with Gasteiger partial charge in [0.15, 0.2) is 0 Å². The number of nitrogens with zero attached hydrogens (tertiary/aromatic N) is 2. The molecule has 6 nitrogen and oxygen atoms in total. The number of nitrogens with one attached hydrogen (secondary N) is 1. The maximum Gasteiger partial charge on any atom is 0.242 e. The smallest absolute Gasteiger partial charge is 0.242 e. The number of likely N-dealkylation sites (N-methyl/N-ethyl adjacent to an activating group) is 1. The van der Waals surface area contributed by atoms with Gasteiger partial charge in [-0.1, -0.05) is 23.7 Å². The number of piperidine rings is 1. The molecule has 2 heterocycles. The molecule has 0 radical (unpaired) electrons. The van der Waals surface area contributed by atoms with Crippen molar-refractivity contribution in [1.82, 2.24) is 10.2 Å². The molecule has 3 amide bonds. The highest BCUT2D eigenvalue weighted by molar-refractivity contribution is 6.33. The normalized spacial score (nSPS) is 23.7. The maximum atomic E-state index is 13.0. The summed E-state index contributed by atoms with van der Waals surface area (Å²) in [6.07, 6.45) is 2.63. The standard InChI is InChI=1S/C18H22ClN3O3/c1-20-17(24)15-8-4-5-9-21(15)18(25)12-10-16(23)22(11-12)14-7-3-2-6-13(14)19/h2-3,6-7,12,15H,4-5,8-11H2,1H3,(H,20,24). The predicted octanol–water partition coefficient (Wildman–Crippen LogP) is 1.82. The van der Waals surface area contributed by atoms with Gasteiger partial charge in [0.2, 0.25) is 17.7 Å². The van der Waals surface area contributed by atoms with Gasteiger partial charge in [-0.2, -0.15) is 0 Å². The third kappa shape index (κ3) is 3.49. The molecule has 0 aliphatic carbocycles. The second kappa shape index (κ2) is 7.44. The highest BCUT2D eigenvalue weighted by atomic mass is 35.5. The van der Waals surface area contributed by atoms with Crippen LogP contribution in [0.3, 0.4) is 0 Å². The van der Waals surface area contributed by atoms with Crippen molar-refractivity contribution in [3.63, 3.8) is 0 Å². The Morgan fingerprint density at radius 2 is 2.00 bits per heavy atom. The molecule has 2 saturated heterocycles. The van der Waals surface area contributed by atoms with Crippen LogP contribution in [-0.4, -0.2) is 48.8 Å². The summed E-state index contributed by atoms with van der Waals surface area (Å²) in [6.45, 7) is 0.867. The molecule has 1 N–H and O–H groups in total. The third-order valence-corrected chi connectivity index (χ3v) is 5.27. The van der Waals surface area contributed by atoms with E-state index in [1.807, 2.05) is 6.07 Å². The highest BCUT2D eigenvalue weighted by Crippen LogP contribution is 2.32. The number of anilines is 1. The van der Waals surface area contributed by atoms with Gasteiger partial charge in [-0.05, 0) is 31.4 Å². The molecule has 2 aliphatic heterocycles. The average molecular weight is 364 g/mol. The Labute approximate surface area is 152 Å². The first-order chi connectivity index (χ1) is 12.0. The Balaban J connectivity index is 1.76. The van der Waals surface area contributed by atoms with Crippen LogP contribution in [0.1, 0.15) is 25.7 Å². The van der Waals surface area contributed by atoms with Crippen LogP contribution < -0.4 is 10.2 Å². The van der Waals surface area contributed by atoms with Gasteiger partial charge >= 0.3 is 0 Å². The fourth-order valence-electron chi connectivity index (χ4n) is 3.65. The molecular weight excluding hydrogens is 342 g/mol. The molecule has 0 bridgehead atoms.